The van der Waals surface area contributed by atoms with Crippen molar-refractivity contribution < 1.29 is 14.3 Å². The molecule has 112 valence electrons. The molecule has 1 aromatic rings. The Morgan fingerprint density at radius 2 is 1.80 bits per heavy atom. The van der Waals surface area contributed by atoms with Crippen molar-refractivity contribution in [2.75, 3.05) is 7.11 Å². The van der Waals surface area contributed by atoms with E-state index in [1.165, 1.54) is 0 Å². The lowest BCUT2D eigenvalue weighted by Crippen LogP contribution is -2.39. The highest BCUT2D eigenvalue weighted by atomic mass is 35.5. The molecule has 0 aliphatic heterocycles. The molecule has 1 N–H and O–H groups in total. The predicted octanol–water partition coefficient (Wildman–Crippen LogP) is 3.94. The van der Waals surface area contributed by atoms with Gasteiger partial charge in [0.1, 0.15) is 5.60 Å². The van der Waals surface area contributed by atoms with Gasteiger partial charge in [-0.25, -0.2) is 4.79 Å². The van der Waals surface area contributed by atoms with Gasteiger partial charge in [0.05, 0.1) is 12.1 Å². The van der Waals surface area contributed by atoms with Gasteiger partial charge in [-0.15, -0.1) is 0 Å². The van der Waals surface area contributed by atoms with Crippen molar-refractivity contribution >= 4 is 17.7 Å². The molecular weight excluding hydrogens is 278 g/mol. The third-order valence-corrected chi connectivity index (χ3v) is 2.99. The molecule has 2 atom stereocenters. The Bertz CT molecular complexity index is 439. The molecule has 0 radical (unpaired) electrons. The van der Waals surface area contributed by atoms with Gasteiger partial charge < -0.3 is 14.8 Å². The van der Waals surface area contributed by atoms with E-state index in [0.29, 0.717) is 5.02 Å². The maximum absolute atomic E-state index is 11.9. The molecule has 4 nitrogen and oxygen atoms in total. The summed E-state index contributed by atoms with van der Waals surface area (Å²) in [5, 5.41) is 3.48. The topological polar surface area (TPSA) is 47.6 Å². The first-order chi connectivity index (χ1) is 9.23. The molecule has 0 unspecified atom stereocenters. The lowest BCUT2D eigenvalue weighted by atomic mass is 10.0. The summed E-state index contributed by atoms with van der Waals surface area (Å²) in [5.74, 6) is 0. The summed E-state index contributed by atoms with van der Waals surface area (Å²) < 4.78 is 10.6. The normalized spacial score (nSPS) is 14.5. The molecule has 0 spiro atoms. The van der Waals surface area contributed by atoms with Crippen LogP contribution in [0.15, 0.2) is 24.3 Å². The van der Waals surface area contributed by atoms with E-state index in [2.05, 4.69) is 5.32 Å². The Morgan fingerprint density at radius 3 is 2.25 bits per heavy atom. The molecule has 0 fully saturated rings. The number of halogens is 1. The molecule has 0 heterocycles. The maximum Gasteiger partial charge on any atom is 0.408 e. The van der Waals surface area contributed by atoms with E-state index in [4.69, 9.17) is 21.1 Å². The molecule has 1 amide bonds. The Hall–Kier alpha value is -1.26. The van der Waals surface area contributed by atoms with Gasteiger partial charge in [-0.05, 0) is 45.4 Å². The number of benzene rings is 1. The number of rotatable bonds is 4. The molecule has 0 aliphatic carbocycles. The number of hydrogen-bond donors (Lipinski definition) is 1. The zero-order valence-electron chi connectivity index (χ0n) is 12.6. The summed E-state index contributed by atoms with van der Waals surface area (Å²) in [4.78, 5) is 11.9. The summed E-state index contributed by atoms with van der Waals surface area (Å²) in [6, 6.07) is 6.98. The van der Waals surface area contributed by atoms with E-state index in [-0.39, 0.29) is 12.1 Å². The molecule has 0 bridgehead atoms. The zero-order chi connectivity index (χ0) is 15.3. The molecule has 0 saturated heterocycles. The maximum atomic E-state index is 11.9. The summed E-state index contributed by atoms with van der Waals surface area (Å²) in [5.41, 5.74) is 0.375. The first-order valence-electron chi connectivity index (χ1n) is 6.50. The quantitative estimate of drug-likeness (QED) is 0.916. The lowest BCUT2D eigenvalue weighted by molar-refractivity contribution is 0.0370. The van der Waals surface area contributed by atoms with E-state index in [1.807, 2.05) is 39.8 Å². The number of amides is 1. The van der Waals surface area contributed by atoms with Crippen LogP contribution in [-0.4, -0.2) is 24.9 Å². The number of hydrogen-bond acceptors (Lipinski definition) is 3. The van der Waals surface area contributed by atoms with Crippen molar-refractivity contribution in [2.45, 2.75) is 45.4 Å². The van der Waals surface area contributed by atoms with Gasteiger partial charge in [0.2, 0.25) is 0 Å². The molecule has 20 heavy (non-hydrogen) atoms. The molecule has 1 rings (SSSR count). The highest BCUT2D eigenvalue weighted by Gasteiger charge is 2.24. The molecule has 0 aromatic heterocycles. The van der Waals surface area contributed by atoms with Crippen molar-refractivity contribution in [3.63, 3.8) is 0 Å². The standard InChI is InChI=1S/C15H22ClNO3/c1-10(19-5)13(11-6-8-12(16)9-7-11)17-14(18)20-15(2,3)4/h6-10,13H,1-5H3,(H,17,18)/t10-,13+/m0/s1. The van der Waals surface area contributed by atoms with Gasteiger partial charge in [0.25, 0.3) is 0 Å². The van der Waals surface area contributed by atoms with Crippen LogP contribution in [0.4, 0.5) is 4.79 Å². The Morgan fingerprint density at radius 1 is 1.25 bits per heavy atom. The molecule has 1 aromatic carbocycles. The van der Waals surface area contributed by atoms with Crippen LogP contribution in [0.1, 0.15) is 39.3 Å². The zero-order valence-corrected chi connectivity index (χ0v) is 13.3. The Labute approximate surface area is 125 Å². The minimum atomic E-state index is -0.537. The van der Waals surface area contributed by atoms with Crippen LogP contribution in [-0.2, 0) is 9.47 Å². The highest BCUT2D eigenvalue weighted by Crippen LogP contribution is 2.21. The third kappa shape index (κ3) is 5.39. The largest absolute Gasteiger partial charge is 0.444 e. The number of alkyl carbamates (subject to hydrolysis) is 1. The van der Waals surface area contributed by atoms with E-state index in [1.54, 1.807) is 19.2 Å². The van der Waals surface area contributed by atoms with E-state index in [0.717, 1.165) is 5.56 Å². The van der Waals surface area contributed by atoms with Gasteiger partial charge >= 0.3 is 6.09 Å². The summed E-state index contributed by atoms with van der Waals surface area (Å²) in [6.45, 7) is 7.35. The van der Waals surface area contributed by atoms with E-state index < -0.39 is 11.7 Å². The highest BCUT2D eigenvalue weighted by molar-refractivity contribution is 6.30. The molecule has 5 heteroatoms. The fourth-order valence-electron chi connectivity index (χ4n) is 1.71. The minimum absolute atomic E-state index is 0.191. The number of methoxy groups -OCH3 is 1. The van der Waals surface area contributed by atoms with Crippen molar-refractivity contribution in [3.8, 4) is 0 Å². The van der Waals surface area contributed by atoms with Gasteiger partial charge in [-0.1, -0.05) is 23.7 Å². The first kappa shape index (κ1) is 16.8. The van der Waals surface area contributed by atoms with Crippen LogP contribution in [0.3, 0.4) is 0 Å². The van der Waals surface area contributed by atoms with Crippen molar-refractivity contribution in [3.05, 3.63) is 34.9 Å². The number of ether oxygens (including phenoxy) is 2. The minimum Gasteiger partial charge on any atom is -0.444 e. The fourth-order valence-corrected chi connectivity index (χ4v) is 1.84. The average molecular weight is 300 g/mol. The molecule has 0 saturated carbocycles. The third-order valence-electron chi connectivity index (χ3n) is 2.74. The molecule has 0 aliphatic rings. The predicted molar refractivity (Wildman–Crippen MR) is 80.0 cm³/mol. The monoisotopic (exact) mass is 299 g/mol. The second-order valence-corrected chi connectivity index (χ2v) is 6.05. The van der Waals surface area contributed by atoms with Crippen LogP contribution in [0.2, 0.25) is 5.02 Å². The summed E-state index contributed by atoms with van der Waals surface area (Å²) in [6.07, 6.45) is -0.662. The second kappa shape index (κ2) is 6.95. The number of nitrogens with one attached hydrogen (secondary N) is 1. The van der Waals surface area contributed by atoms with Gasteiger partial charge in [-0.2, -0.15) is 0 Å². The number of carbonyl (C=O) groups excluding carboxylic acids is 1. The van der Waals surface area contributed by atoms with Crippen molar-refractivity contribution in [1.82, 2.24) is 5.32 Å². The molecular formula is C15H22ClNO3. The first-order valence-corrected chi connectivity index (χ1v) is 6.88. The van der Waals surface area contributed by atoms with Gasteiger partial charge in [0.15, 0.2) is 0 Å². The van der Waals surface area contributed by atoms with Crippen LogP contribution >= 0.6 is 11.6 Å². The van der Waals surface area contributed by atoms with Crippen LogP contribution in [0.5, 0.6) is 0 Å². The van der Waals surface area contributed by atoms with Crippen LogP contribution < -0.4 is 5.32 Å². The van der Waals surface area contributed by atoms with Crippen molar-refractivity contribution in [2.24, 2.45) is 0 Å². The summed E-state index contributed by atoms with van der Waals surface area (Å²) >= 11 is 5.88. The SMILES string of the molecule is CO[C@@H](C)[C@@H](NC(=O)OC(C)(C)C)c1ccc(Cl)cc1. The van der Waals surface area contributed by atoms with Gasteiger partial charge in [0, 0.05) is 12.1 Å². The van der Waals surface area contributed by atoms with Crippen LogP contribution in [0.25, 0.3) is 0 Å². The Balaban J connectivity index is 2.85. The fraction of sp³-hybridized carbons (Fsp3) is 0.533. The van der Waals surface area contributed by atoms with Gasteiger partial charge in [-0.3, -0.25) is 0 Å². The average Bonchev–Trinajstić information content (AvgIpc) is 2.34. The number of carbonyl (C=O) groups is 1. The smallest absolute Gasteiger partial charge is 0.408 e. The van der Waals surface area contributed by atoms with E-state index >= 15 is 0 Å². The second-order valence-electron chi connectivity index (χ2n) is 5.62. The van der Waals surface area contributed by atoms with Crippen LogP contribution in [0, 0.1) is 0 Å². The van der Waals surface area contributed by atoms with E-state index in [9.17, 15) is 4.79 Å². The lowest BCUT2D eigenvalue weighted by Gasteiger charge is -2.27. The van der Waals surface area contributed by atoms with Crippen molar-refractivity contribution in [1.29, 1.82) is 0 Å². The Kier molecular flexibility index (Phi) is 5.84. The summed E-state index contributed by atoms with van der Waals surface area (Å²) in [7, 11) is 1.60.